The highest BCUT2D eigenvalue weighted by Crippen LogP contribution is 2.40. The number of benzene rings is 1. The van der Waals surface area contributed by atoms with Crippen molar-refractivity contribution in [2.45, 2.75) is 43.7 Å². The Balaban J connectivity index is 1.73. The van der Waals surface area contributed by atoms with E-state index in [-0.39, 0.29) is 31.0 Å². The fraction of sp³-hybridized carbons (Fsp3) is 0.545. The zero-order chi connectivity index (χ0) is 19.4. The van der Waals surface area contributed by atoms with Crippen LogP contribution >= 0.6 is 0 Å². The van der Waals surface area contributed by atoms with Crippen molar-refractivity contribution in [1.29, 1.82) is 5.26 Å². The average Bonchev–Trinajstić information content (AvgIpc) is 3.14. The van der Waals surface area contributed by atoms with Gasteiger partial charge in [-0.15, -0.1) is 0 Å². The Hall–Kier alpha value is -2.34. The predicted molar refractivity (Wildman–Crippen MR) is 104 cm³/mol. The molecule has 27 heavy (non-hydrogen) atoms. The summed E-state index contributed by atoms with van der Waals surface area (Å²) in [6, 6.07) is 9.26. The second-order valence-corrected chi connectivity index (χ2v) is 7.76. The van der Waals surface area contributed by atoms with E-state index < -0.39 is 6.04 Å². The van der Waals surface area contributed by atoms with E-state index in [4.69, 9.17) is 0 Å². The van der Waals surface area contributed by atoms with Crippen LogP contribution in [0.3, 0.4) is 0 Å². The molecule has 142 valence electrons. The Kier molecular flexibility index (Phi) is 6.16. The van der Waals surface area contributed by atoms with Crippen LogP contribution in [0.5, 0.6) is 0 Å². The maximum absolute atomic E-state index is 12.4. The molecule has 5 heteroatoms. The second-order valence-electron chi connectivity index (χ2n) is 7.76. The van der Waals surface area contributed by atoms with Gasteiger partial charge >= 0.3 is 0 Å². The molecule has 1 aromatic carbocycles. The highest BCUT2D eigenvalue weighted by atomic mass is 16.3. The lowest BCUT2D eigenvalue weighted by molar-refractivity contribution is -0.147. The molecular formula is C22H27N3O2. The van der Waals surface area contributed by atoms with Crippen LogP contribution in [0.2, 0.25) is 0 Å². The number of likely N-dealkylation sites (N-methyl/N-ethyl adjacent to an activating group) is 1. The minimum atomic E-state index is -0.537. The van der Waals surface area contributed by atoms with Crippen LogP contribution in [0.25, 0.3) is 0 Å². The fourth-order valence-electron chi connectivity index (χ4n) is 4.15. The van der Waals surface area contributed by atoms with Gasteiger partial charge in [-0.1, -0.05) is 36.8 Å². The minimum absolute atomic E-state index is 0.124. The number of aliphatic hydroxyl groups excluding tert-OH is 1. The molecule has 1 heterocycles. The first kappa shape index (κ1) is 19.4. The van der Waals surface area contributed by atoms with Gasteiger partial charge in [-0.25, -0.2) is 0 Å². The summed E-state index contributed by atoms with van der Waals surface area (Å²) in [7, 11) is 3.63. The maximum Gasteiger partial charge on any atom is 0.238 e. The molecule has 1 N–H and O–H groups in total. The number of likely N-dealkylation sites (tertiary alicyclic amines) is 1. The lowest BCUT2D eigenvalue weighted by atomic mass is 9.75. The topological polar surface area (TPSA) is 67.6 Å². The summed E-state index contributed by atoms with van der Waals surface area (Å²) in [4.78, 5) is 15.7. The molecule has 1 aromatic rings. The fourth-order valence-corrected chi connectivity index (χ4v) is 4.15. The number of carbonyl (C=O) groups is 1. The summed E-state index contributed by atoms with van der Waals surface area (Å²) in [6.45, 7) is 0.0857. The van der Waals surface area contributed by atoms with Gasteiger partial charge in [0.15, 0.2) is 0 Å². The third-order valence-corrected chi connectivity index (χ3v) is 5.54. The second kappa shape index (κ2) is 8.57. The first-order valence-electron chi connectivity index (χ1n) is 9.63. The molecule has 1 aliphatic carbocycles. The van der Waals surface area contributed by atoms with Gasteiger partial charge in [-0.05, 0) is 44.6 Å². The Morgan fingerprint density at radius 1 is 1.26 bits per heavy atom. The van der Waals surface area contributed by atoms with Crippen LogP contribution in [0.15, 0.2) is 24.3 Å². The van der Waals surface area contributed by atoms with Crippen molar-refractivity contribution in [1.82, 2.24) is 9.80 Å². The molecule has 0 aromatic heterocycles. The largest absolute Gasteiger partial charge is 0.394 e. The smallest absolute Gasteiger partial charge is 0.238 e. The Morgan fingerprint density at radius 2 is 1.93 bits per heavy atom. The van der Waals surface area contributed by atoms with Gasteiger partial charge in [0.25, 0.3) is 0 Å². The number of amides is 1. The first-order chi connectivity index (χ1) is 13.0. The van der Waals surface area contributed by atoms with E-state index in [1.165, 1.54) is 30.6 Å². The van der Waals surface area contributed by atoms with Gasteiger partial charge in [0.1, 0.15) is 6.04 Å². The van der Waals surface area contributed by atoms with Gasteiger partial charge in [0.2, 0.25) is 5.91 Å². The van der Waals surface area contributed by atoms with Crippen LogP contribution in [0, 0.1) is 29.1 Å². The monoisotopic (exact) mass is 365 g/mol. The number of aliphatic hydroxyl groups is 1. The molecule has 1 amide bonds. The number of hydrogen-bond acceptors (Lipinski definition) is 4. The molecule has 2 aliphatic rings. The van der Waals surface area contributed by atoms with Crippen LogP contribution < -0.4 is 0 Å². The minimum Gasteiger partial charge on any atom is -0.394 e. The van der Waals surface area contributed by atoms with E-state index in [0.717, 1.165) is 11.1 Å². The van der Waals surface area contributed by atoms with Crippen molar-refractivity contribution in [3.8, 4) is 17.9 Å². The summed E-state index contributed by atoms with van der Waals surface area (Å²) in [5, 5.41) is 19.4. The number of rotatable bonds is 4. The lowest BCUT2D eigenvalue weighted by Crippen LogP contribution is -2.66. The standard InChI is InChI=1S/C22H27N3O2/c1-24(2)14-21(27)25-19(13-23)22(20(25)15-26)18-11-9-17(10-12-18)8-7-16-5-3-4-6-16/h9-12,16,19-20,22,26H,3-6,14-15H2,1-2H3/t19-,20+,22+/m1/s1. The molecule has 0 bridgehead atoms. The van der Waals surface area contributed by atoms with Crippen molar-refractivity contribution in [3.63, 3.8) is 0 Å². The summed E-state index contributed by atoms with van der Waals surface area (Å²) in [6.07, 6.45) is 4.96. The summed E-state index contributed by atoms with van der Waals surface area (Å²) >= 11 is 0. The average molecular weight is 365 g/mol. The first-order valence-corrected chi connectivity index (χ1v) is 9.63. The van der Waals surface area contributed by atoms with E-state index in [1.54, 1.807) is 4.90 Å². The molecule has 1 aliphatic heterocycles. The van der Waals surface area contributed by atoms with E-state index in [2.05, 4.69) is 17.9 Å². The lowest BCUT2D eigenvalue weighted by Gasteiger charge is -2.51. The van der Waals surface area contributed by atoms with Crippen LogP contribution in [0.4, 0.5) is 0 Å². The summed E-state index contributed by atoms with van der Waals surface area (Å²) in [5.74, 6) is 6.84. The molecule has 0 spiro atoms. The molecule has 1 saturated heterocycles. The van der Waals surface area contributed by atoms with E-state index in [0.29, 0.717) is 5.92 Å². The zero-order valence-electron chi connectivity index (χ0n) is 16.1. The highest BCUT2D eigenvalue weighted by Gasteiger charge is 2.51. The van der Waals surface area contributed by atoms with Crippen molar-refractivity contribution >= 4 is 5.91 Å². The Morgan fingerprint density at radius 3 is 2.48 bits per heavy atom. The predicted octanol–water partition coefficient (Wildman–Crippen LogP) is 1.97. The van der Waals surface area contributed by atoms with Crippen LogP contribution in [-0.2, 0) is 4.79 Å². The van der Waals surface area contributed by atoms with Crippen molar-refractivity contribution in [3.05, 3.63) is 35.4 Å². The molecule has 0 unspecified atom stereocenters. The molecule has 2 fully saturated rings. The third-order valence-electron chi connectivity index (χ3n) is 5.54. The number of hydrogen-bond donors (Lipinski definition) is 1. The van der Waals surface area contributed by atoms with E-state index in [9.17, 15) is 15.2 Å². The molecule has 5 nitrogen and oxygen atoms in total. The quantitative estimate of drug-likeness (QED) is 0.829. The molecule has 1 saturated carbocycles. The van der Waals surface area contributed by atoms with Crippen molar-refractivity contribution < 1.29 is 9.90 Å². The zero-order valence-corrected chi connectivity index (χ0v) is 16.1. The molecule has 0 radical (unpaired) electrons. The van der Waals surface area contributed by atoms with Gasteiger partial charge < -0.3 is 14.9 Å². The number of carbonyl (C=O) groups excluding carboxylic acids is 1. The summed E-state index contributed by atoms with van der Waals surface area (Å²) in [5.41, 5.74) is 1.94. The molecule has 3 atom stereocenters. The SMILES string of the molecule is CN(C)CC(=O)N1[C@H](C#N)[C@H](c2ccc(C#CC3CCCC3)cc2)[C@@H]1CO. The molecule has 3 rings (SSSR count). The highest BCUT2D eigenvalue weighted by molar-refractivity contribution is 5.81. The number of nitrogens with zero attached hydrogens (tertiary/aromatic N) is 3. The Labute approximate surface area is 161 Å². The Bertz CT molecular complexity index is 763. The third kappa shape index (κ3) is 4.16. The summed E-state index contributed by atoms with van der Waals surface area (Å²) < 4.78 is 0. The van der Waals surface area contributed by atoms with Crippen LogP contribution in [-0.4, -0.2) is 60.1 Å². The van der Waals surface area contributed by atoms with Gasteiger partial charge in [-0.3, -0.25) is 4.79 Å². The van der Waals surface area contributed by atoms with Crippen molar-refractivity contribution in [2.75, 3.05) is 27.2 Å². The number of nitriles is 1. The van der Waals surface area contributed by atoms with Gasteiger partial charge in [0, 0.05) is 17.4 Å². The van der Waals surface area contributed by atoms with E-state index >= 15 is 0 Å². The van der Waals surface area contributed by atoms with Gasteiger partial charge in [-0.2, -0.15) is 5.26 Å². The maximum atomic E-state index is 12.4. The molecular weight excluding hydrogens is 338 g/mol. The van der Waals surface area contributed by atoms with Gasteiger partial charge in [0.05, 0.1) is 25.3 Å². The van der Waals surface area contributed by atoms with Crippen molar-refractivity contribution in [2.24, 2.45) is 5.92 Å². The van der Waals surface area contributed by atoms with E-state index in [1.807, 2.05) is 38.4 Å². The normalized spacial score (nSPS) is 24.9. The van der Waals surface area contributed by atoms with Crippen LogP contribution in [0.1, 0.15) is 42.7 Å².